The van der Waals surface area contributed by atoms with Crippen LogP contribution in [0, 0.1) is 6.57 Å². The Hall–Kier alpha value is -5.97. The first kappa shape index (κ1) is 28.1. The van der Waals surface area contributed by atoms with E-state index in [1.165, 1.54) is 74.2 Å². The third-order valence-electron chi connectivity index (χ3n) is 10.1. The molecule has 0 bridgehead atoms. The van der Waals surface area contributed by atoms with E-state index >= 15 is 0 Å². The Balaban J connectivity index is 1.39. The topological polar surface area (TPSA) is 4.36 Å². The van der Waals surface area contributed by atoms with Gasteiger partial charge in [0.2, 0.25) is 0 Å². The fourth-order valence-corrected chi connectivity index (χ4v) is 10.6. The van der Waals surface area contributed by atoms with Crippen LogP contribution in [0.25, 0.3) is 101 Å². The molecular formula is C47H27NSe. The molecule has 0 saturated heterocycles. The zero-order chi connectivity index (χ0) is 32.5. The van der Waals surface area contributed by atoms with E-state index in [-0.39, 0.29) is 14.5 Å². The summed E-state index contributed by atoms with van der Waals surface area (Å²) in [4.78, 5) is 4.06. The molecule has 10 aromatic rings. The van der Waals surface area contributed by atoms with Crippen molar-refractivity contribution in [2.75, 3.05) is 0 Å². The SMILES string of the molecule is [C-]#[N+]c1c2ccccc2c(-c2cccc3[se]c4cccc(-c5c6ccccc6c(-c6ccccc6)c6ccccc56)c4c23)c2ccccc12. The van der Waals surface area contributed by atoms with E-state index in [1.54, 1.807) is 0 Å². The van der Waals surface area contributed by atoms with Crippen molar-refractivity contribution in [3.63, 3.8) is 0 Å². The normalized spacial score (nSPS) is 11.7. The molecule has 0 saturated carbocycles. The number of nitrogens with zero attached hydrogens (tertiary/aromatic N) is 1. The Labute approximate surface area is 289 Å². The van der Waals surface area contributed by atoms with Gasteiger partial charge in [0.25, 0.3) is 0 Å². The molecule has 0 spiro atoms. The summed E-state index contributed by atoms with van der Waals surface area (Å²) < 4.78 is 2.82. The Morgan fingerprint density at radius 2 is 0.714 bits per heavy atom. The van der Waals surface area contributed by atoms with Gasteiger partial charge >= 0.3 is 291 Å². The van der Waals surface area contributed by atoms with Crippen molar-refractivity contribution in [1.82, 2.24) is 0 Å². The van der Waals surface area contributed by atoms with Gasteiger partial charge in [-0.1, -0.05) is 0 Å². The average Bonchev–Trinajstić information content (AvgIpc) is 3.56. The Morgan fingerprint density at radius 1 is 0.347 bits per heavy atom. The second-order valence-electron chi connectivity index (χ2n) is 12.6. The Kier molecular flexibility index (Phi) is 6.33. The molecule has 0 radical (unpaired) electrons. The van der Waals surface area contributed by atoms with Crippen molar-refractivity contribution in [1.29, 1.82) is 0 Å². The molecule has 2 heteroatoms. The quantitative estimate of drug-likeness (QED) is 0.0991. The van der Waals surface area contributed by atoms with E-state index in [9.17, 15) is 0 Å². The maximum absolute atomic E-state index is 8.15. The van der Waals surface area contributed by atoms with E-state index in [4.69, 9.17) is 6.57 Å². The second-order valence-corrected chi connectivity index (χ2v) is 14.9. The third kappa shape index (κ3) is 4.11. The molecule has 9 aromatic carbocycles. The van der Waals surface area contributed by atoms with Gasteiger partial charge in [0.15, 0.2) is 0 Å². The molecule has 0 aliphatic heterocycles. The molecule has 0 fully saturated rings. The van der Waals surface area contributed by atoms with E-state index in [0.29, 0.717) is 0 Å². The summed E-state index contributed by atoms with van der Waals surface area (Å²) in [7, 11) is 0. The monoisotopic (exact) mass is 685 g/mol. The first-order valence-corrected chi connectivity index (χ1v) is 18.3. The van der Waals surface area contributed by atoms with Crippen molar-refractivity contribution in [3.8, 4) is 33.4 Å². The Morgan fingerprint density at radius 3 is 1.14 bits per heavy atom. The summed E-state index contributed by atoms with van der Waals surface area (Å²) in [6.45, 7) is 8.15. The predicted octanol–water partition coefficient (Wildman–Crippen LogP) is 13.2. The number of hydrogen-bond donors (Lipinski definition) is 0. The maximum atomic E-state index is 8.15. The molecule has 1 nitrogen and oxygen atoms in total. The molecule has 49 heavy (non-hydrogen) atoms. The first-order valence-electron chi connectivity index (χ1n) is 16.6. The van der Waals surface area contributed by atoms with Crippen LogP contribution in [-0.4, -0.2) is 14.5 Å². The third-order valence-corrected chi connectivity index (χ3v) is 12.4. The molecule has 0 aliphatic carbocycles. The number of hydrogen-bond acceptors (Lipinski definition) is 0. The predicted molar refractivity (Wildman–Crippen MR) is 211 cm³/mol. The summed E-state index contributed by atoms with van der Waals surface area (Å²) in [6.07, 6.45) is 0. The summed E-state index contributed by atoms with van der Waals surface area (Å²) in [5, 5.41) is 12.0. The van der Waals surface area contributed by atoms with Crippen LogP contribution >= 0.6 is 0 Å². The molecule has 10 rings (SSSR count). The van der Waals surface area contributed by atoms with Crippen LogP contribution in [-0.2, 0) is 0 Å². The van der Waals surface area contributed by atoms with Gasteiger partial charge in [-0.25, -0.2) is 0 Å². The van der Waals surface area contributed by atoms with Gasteiger partial charge in [-0.05, 0) is 0 Å². The van der Waals surface area contributed by atoms with Gasteiger partial charge in [-0.2, -0.15) is 0 Å². The zero-order valence-electron chi connectivity index (χ0n) is 26.4. The van der Waals surface area contributed by atoms with Crippen LogP contribution in [0.2, 0.25) is 0 Å². The average molecular weight is 685 g/mol. The van der Waals surface area contributed by atoms with E-state index in [1.807, 2.05) is 0 Å². The fourth-order valence-electron chi connectivity index (χ4n) is 8.13. The Bertz CT molecular complexity index is 2880. The van der Waals surface area contributed by atoms with Crippen LogP contribution < -0.4 is 0 Å². The summed E-state index contributed by atoms with van der Waals surface area (Å²) >= 11 is 0.161. The molecule has 1 heterocycles. The molecule has 1 aromatic heterocycles. The molecule has 0 amide bonds. The van der Waals surface area contributed by atoms with Gasteiger partial charge in [-0.3, -0.25) is 0 Å². The van der Waals surface area contributed by atoms with E-state index < -0.39 is 0 Å². The zero-order valence-corrected chi connectivity index (χ0v) is 28.2. The second kappa shape index (κ2) is 11.0. The van der Waals surface area contributed by atoms with Crippen molar-refractivity contribution in [2.24, 2.45) is 0 Å². The van der Waals surface area contributed by atoms with Crippen molar-refractivity contribution in [3.05, 3.63) is 175 Å². The number of rotatable bonds is 3. The molecule has 0 N–H and O–H groups in total. The van der Waals surface area contributed by atoms with Gasteiger partial charge in [-0.15, -0.1) is 0 Å². The van der Waals surface area contributed by atoms with Gasteiger partial charge in [0, 0.05) is 0 Å². The van der Waals surface area contributed by atoms with Gasteiger partial charge in [0.1, 0.15) is 0 Å². The minimum atomic E-state index is 0.161. The summed E-state index contributed by atoms with van der Waals surface area (Å²) in [6, 6.07) is 59.4. The summed E-state index contributed by atoms with van der Waals surface area (Å²) in [5.41, 5.74) is 8.27. The molecule has 0 unspecified atom stereocenters. The minimum absolute atomic E-state index is 0.161. The molecule has 0 atom stereocenters. The van der Waals surface area contributed by atoms with Gasteiger partial charge < -0.3 is 0 Å². The van der Waals surface area contributed by atoms with Crippen molar-refractivity contribution < 1.29 is 0 Å². The standard InChI is InChI=1S/C47H27NSe/c1-48-47-36-23-11-9-21-34(36)44(35-22-10-12-24-37(35)47)39-26-14-28-41-46(39)45-38(25-13-27-40(45)49-41)43-32-19-7-5-17-30(32)42(29-15-3-2-4-16-29)31-18-6-8-20-33(31)43/h2-28H. The first-order chi connectivity index (χ1) is 24.3. The fraction of sp³-hybridized carbons (Fsp3) is 0. The van der Waals surface area contributed by atoms with E-state index in [0.717, 1.165) is 27.2 Å². The van der Waals surface area contributed by atoms with Crippen molar-refractivity contribution >= 4 is 82.6 Å². The summed E-state index contributed by atoms with van der Waals surface area (Å²) in [5.74, 6) is 0. The van der Waals surface area contributed by atoms with Crippen LogP contribution in [0.15, 0.2) is 164 Å². The van der Waals surface area contributed by atoms with Crippen LogP contribution in [0.1, 0.15) is 0 Å². The molecule has 0 aliphatic rings. The molecule has 226 valence electrons. The van der Waals surface area contributed by atoms with E-state index in [2.05, 4.69) is 169 Å². The van der Waals surface area contributed by atoms with Crippen molar-refractivity contribution in [2.45, 2.75) is 0 Å². The van der Waals surface area contributed by atoms with Crippen LogP contribution in [0.4, 0.5) is 5.69 Å². The van der Waals surface area contributed by atoms with Crippen LogP contribution in [0.3, 0.4) is 0 Å². The van der Waals surface area contributed by atoms with Gasteiger partial charge in [0.05, 0.1) is 0 Å². The van der Waals surface area contributed by atoms with Crippen LogP contribution in [0.5, 0.6) is 0 Å². The number of fused-ring (bicyclic) bond motifs is 7. The number of benzene rings is 9. The molecular weight excluding hydrogens is 657 g/mol.